The van der Waals surface area contributed by atoms with Gasteiger partial charge in [0.1, 0.15) is 10.7 Å². The summed E-state index contributed by atoms with van der Waals surface area (Å²) in [5.41, 5.74) is 3.76. The molecule has 1 N–H and O–H groups in total. The topological polar surface area (TPSA) is 68.5 Å². The lowest BCUT2D eigenvalue weighted by molar-refractivity contribution is 0.415. The van der Waals surface area contributed by atoms with Crippen LogP contribution >= 0.6 is 34.8 Å². The third-order valence-electron chi connectivity index (χ3n) is 3.54. The Balaban J connectivity index is 1.82. The molecule has 3 aromatic rings. The van der Waals surface area contributed by atoms with Gasteiger partial charge in [-0.2, -0.15) is 14.9 Å². The zero-order valence-corrected chi connectivity index (χ0v) is 16.3. The molecule has 0 atom stereocenters. The van der Waals surface area contributed by atoms with E-state index >= 15 is 0 Å². The lowest BCUT2D eigenvalue weighted by atomic mass is 10.2. The van der Waals surface area contributed by atoms with E-state index in [-0.39, 0.29) is 10.7 Å². The molecular formula is C18H13Cl3N4O2. The lowest BCUT2D eigenvalue weighted by Crippen LogP contribution is -2.22. The second-order valence-electron chi connectivity index (χ2n) is 5.31. The van der Waals surface area contributed by atoms with Crippen molar-refractivity contribution in [3.63, 3.8) is 0 Å². The molecule has 0 bridgehead atoms. The molecule has 0 aliphatic heterocycles. The average Bonchev–Trinajstić information content (AvgIpc) is 2.66. The molecule has 3 rings (SSSR count). The Labute approximate surface area is 169 Å². The fraction of sp³-hybridized carbons (Fsp3) is 0.0556. The molecule has 0 aliphatic carbocycles. The Hall–Kier alpha value is -2.54. The SMILES string of the molecule is COc1c(Cl)cc(/C=N\Nc2cnn(-c3ccccc3)c(=O)c2Cl)cc1Cl. The van der Waals surface area contributed by atoms with E-state index < -0.39 is 5.56 Å². The van der Waals surface area contributed by atoms with Crippen LogP contribution in [-0.2, 0) is 0 Å². The van der Waals surface area contributed by atoms with Crippen molar-refractivity contribution >= 4 is 46.7 Å². The fourth-order valence-corrected chi connectivity index (χ4v) is 3.12. The predicted molar refractivity (Wildman–Crippen MR) is 109 cm³/mol. The van der Waals surface area contributed by atoms with Crippen molar-refractivity contribution < 1.29 is 4.74 Å². The minimum Gasteiger partial charge on any atom is -0.494 e. The number of benzene rings is 2. The van der Waals surface area contributed by atoms with Gasteiger partial charge < -0.3 is 4.74 Å². The van der Waals surface area contributed by atoms with Gasteiger partial charge in [-0.25, -0.2) is 0 Å². The molecule has 0 radical (unpaired) electrons. The summed E-state index contributed by atoms with van der Waals surface area (Å²) >= 11 is 18.3. The van der Waals surface area contributed by atoms with Crippen LogP contribution in [0.5, 0.6) is 5.75 Å². The summed E-state index contributed by atoms with van der Waals surface area (Å²) in [6.45, 7) is 0. The normalized spacial score (nSPS) is 11.0. The summed E-state index contributed by atoms with van der Waals surface area (Å²) in [7, 11) is 1.48. The Bertz CT molecular complexity index is 1030. The zero-order valence-electron chi connectivity index (χ0n) is 14.0. The van der Waals surface area contributed by atoms with E-state index in [0.29, 0.717) is 27.0 Å². The van der Waals surface area contributed by atoms with Crippen LogP contribution in [0.25, 0.3) is 5.69 Å². The Morgan fingerprint density at radius 1 is 1.15 bits per heavy atom. The number of anilines is 1. The molecule has 27 heavy (non-hydrogen) atoms. The van der Waals surface area contributed by atoms with Crippen molar-refractivity contribution in [1.29, 1.82) is 0 Å². The van der Waals surface area contributed by atoms with Gasteiger partial charge >= 0.3 is 0 Å². The van der Waals surface area contributed by atoms with Gasteiger partial charge in [-0.05, 0) is 29.8 Å². The van der Waals surface area contributed by atoms with Crippen molar-refractivity contribution in [1.82, 2.24) is 9.78 Å². The van der Waals surface area contributed by atoms with Gasteiger partial charge in [0.2, 0.25) is 0 Å². The molecule has 0 saturated heterocycles. The van der Waals surface area contributed by atoms with E-state index in [1.807, 2.05) is 6.07 Å². The molecule has 6 nitrogen and oxygen atoms in total. The summed E-state index contributed by atoms with van der Waals surface area (Å²) in [4.78, 5) is 12.4. The first-order valence-electron chi connectivity index (χ1n) is 7.66. The number of nitrogens with zero attached hydrogens (tertiary/aromatic N) is 3. The van der Waals surface area contributed by atoms with Crippen LogP contribution in [0.3, 0.4) is 0 Å². The van der Waals surface area contributed by atoms with Crippen molar-refractivity contribution in [3.05, 3.63) is 79.6 Å². The first kappa shape index (κ1) is 19.2. The first-order valence-corrected chi connectivity index (χ1v) is 8.80. The van der Waals surface area contributed by atoms with Crippen molar-refractivity contribution in [2.75, 3.05) is 12.5 Å². The quantitative estimate of drug-likeness (QED) is 0.479. The number of para-hydroxylation sites is 1. The molecule has 0 amide bonds. The number of hydrogen-bond donors (Lipinski definition) is 1. The van der Waals surface area contributed by atoms with Crippen LogP contribution in [0.4, 0.5) is 5.69 Å². The highest BCUT2D eigenvalue weighted by Gasteiger charge is 2.10. The Morgan fingerprint density at radius 3 is 2.44 bits per heavy atom. The number of hydrogen-bond acceptors (Lipinski definition) is 5. The largest absolute Gasteiger partial charge is 0.494 e. The van der Waals surface area contributed by atoms with Crippen LogP contribution in [0.2, 0.25) is 15.1 Å². The summed E-state index contributed by atoms with van der Waals surface area (Å²) in [6.07, 6.45) is 2.90. The van der Waals surface area contributed by atoms with Gasteiger partial charge in [0, 0.05) is 0 Å². The standard InChI is InChI=1S/C18H13Cl3N4O2/c1-27-17-13(19)7-11(8-14(17)20)9-22-24-15-10-23-25(18(26)16(15)21)12-5-3-2-4-6-12/h2-10,24H,1H3/b22-9-. The molecule has 2 aromatic carbocycles. The van der Waals surface area contributed by atoms with Gasteiger partial charge in [0.25, 0.3) is 5.56 Å². The van der Waals surface area contributed by atoms with E-state index in [9.17, 15) is 4.79 Å². The van der Waals surface area contributed by atoms with Crippen LogP contribution in [0.15, 0.2) is 58.6 Å². The average molecular weight is 424 g/mol. The highest BCUT2D eigenvalue weighted by molar-refractivity contribution is 6.37. The molecule has 1 aromatic heterocycles. The molecule has 9 heteroatoms. The number of aromatic nitrogens is 2. The lowest BCUT2D eigenvalue weighted by Gasteiger charge is -2.08. The Morgan fingerprint density at radius 2 is 1.81 bits per heavy atom. The number of ether oxygens (including phenoxy) is 1. The minimum absolute atomic E-state index is 0.0307. The molecule has 0 aliphatic rings. The highest BCUT2D eigenvalue weighted by atomic mass is 35.5. The van der Waals surface area contributed by atoms with E-state index in [1.165, 1.54) is 24.2 Å². The van der Waals surface area contributed by atoms with Crippen LogP contribution < -0.4 is 15.7 Å². The highest BCUT2D eigenvalue weighted by Crippen LogP contribution is 2.33. The second kappa shape index (κ2) is 8.43. The summed E-state index contributed by atoms with van der Waals surface area (Å²) in [5.74, 6) is 0.389. The zero-order chi connectivity index (χ0) is 19.4. The van der Waals surface area contributed by atoms with Gasteiger partial charge in [-0.3, -0.25) is 10.2 Å². The van der Waals surface area contributed by atoms with E-state index in [4.69, 9.17) is 39.5 Å². The molecule has 1 heterocycles. The minimum atomic E-state index is -0.460. The molecule has 138 valence electrons. The van der Waals surface area contributed by atoms with Crippen LogP contribution in [0.1, 0.15) is 5.56 Å². The monoisotopic (exact) mass is 422 g/mol. The third-order valence-corrected chi connectivity index (χ3v) is 4.47. The maximum atomic E-state index is 12.4. The van der Waals surface area contributed by atoms with Gasteiger partial charge in [-0.1, -0.05) is 53.0 Å². The molecule has 0 spiro atoms. The van der Waals surface area contributed by atoms with Crippen LogP contribution in [0, 0.1) is 0 Å². The van der Waals surface area contributed by atoms with Crippen molar-refractivity contribution in [2.45, 2.75) is 0 Å². The predicted octanol–water partition coefficient (Wildman–Crippen LogP) is 4.65. The van der Waals surface area contributed by atoms with Crippen molar-refractivity contribution in [3.8, 4) is 11.4 Å². The van der Waals surface area contributed by atoms with E-state index in [1.54, 1.807) is 36.4 Å². The number of nitrogens with one attached hydrogen (secondary N) is 1. The maximum Gasteiger partial charge on any atom is 0.292 e. The number of rotatable bonds is 5. The summed E-state index contributed by atoms with van der Waals surface area (Å²) < 4.78 is 6.30. The van der Waals surface area contributed by atoms with E-state index in [2.05, 4.69) is 15.6 Å². The molecular weight excluding hydrogens is 411 g/mol. The van der Waals surface area contributed by atoms with Gasteiger partial charge in [-0.15, -0.1) is 0 Å². The van der Waals surface area contributed by atoms with Crippen LogP contribution in [-0.4, -0.2) is 23.1 Å². The maximum absolute atomic E-state index is 12.4. The molecule has 0 fully saturated rings. The number of methoxy groups -OCH3 is 1. The summed E-state index contributed by atoms with van der Waals surface area (Å²) in [5, 5.41) is 8.84. The second-order valence-corrected chi connectivity index (χ2v) is 6.50. The first-order chi connectivity index (χ1) is 13.0. The van der Waals surface area contributed by atoms with Crippen molar-refractivity contribution in [2.24, 2.45) is 5.10 Å². The van der Waals surface area contributed by atoms with Gasteiger partial charge in [0.15, 0.2) is 5.75 Å². The smallest absolute Gasteiger partial charge is 0.292 e. The summed E-state index contributed by atoms with van der Waals surface area (Å²) in [6, 6.07) is 12.3. The molecule has 0 unspecified atom stereocenters. The fourth-order valence-electron chi connectivity index (χ4n) is 2.29. The molecule has 0 saturated carbocycles. The third kappa shape index (κ3) is 4.24. The number of hydrazone groups is 1. The number of halogens is 3. The van der Waals surface area contributed by atoms with E-state index in [0.717, 1.165) is 0 Å². The Kier molecular flexibility index (Phi) is 6.01. The van der Waals surface area contributed by atoms with Gasteiger partial charge in [0.05, 0.1) is 35.3 Å².